The normalized spacial score (nSPS) is 25.8. The van der Waals surface area contributed by atoms with Gasteiger partial charge in [-0.25, -0.2) is 0 Å². The minimum Gasteiger partial charge on any atom is -0.381 e. The third-order valence-corrected chi connectivity index (χ3v) is 5.27. The number of thiol groups is 1. The standard InChI is InChI=1S/C15H28O2S/c18-13-15(7-3-1-2-4-8-15)12-17-11-14-5-9-16-10-6-14/h14,18H,1-13H2. The fourth-order valence-corrected chi connectivity index (χ4v) is 3.59. The molecule has 0 atom stereocenters. The molecule has 0 amide bonds. The van der Waals surface area contributed by atoms with Crippen LogP contribution in [0.15, 0.2) is 0 Å². The van der Waals surface area contributed by atoms with Crippen molar-refractivity contribution in [1.82, 2.24) is 0 Å². The summed E-state index contributed by atoms with van der Waals surface area (Å²) in [6.45, 7) is 3.70. The van der Waals surface area contributed by atoms with Crippen molar-refractivity contribution in [3.05, 3.63) is 0 Å². The summed E-state index contributed by atoms with van der Waals surface area (Å²) in [6.07, 6.45) is 10.5. The van der Waals surface area contributed by atoms with Crippen molar-refractivity contribution < 1.29 is 9.47 Å². The highest BCUT2D eigenvalue weighted by atomic mass is 32.1. The smallest absolute Gasteiger partial charge is 0.0530 e. The minimum atomic E-state index is 0.366. The highest BCUT2D eigenvalue weighted by Crippen LogP contribution is 2.36. The Hall–Kier alpha value is 0.270. The quantitative estimate of drug-likeness (QED) is 0.607. The van der Waals surface area contributed by atoms with Crippen LogP contribution in [-0.4, -0.2) is 32.2 Å². The van der Waals surface area contributed by atoms with Crippen LogP contribution in [0.2, 0.25) is 0 Å². The highest BCUT2D eigenvalue weighted by molar-refractivity contribution is 7.80. The van der Waals surface area contributed by atoms with Crippen LogP contribution in [0, 0.1) is 11.3 Å². The topological polar surface area (TPSA) is 18.5 Å². The van der Waals surface area contributed by atoms with Gasteiger partial charge in [-0.15, -0.1) is 0 Å². The zero-order valence-electron chi connectivity index (χ0n) is 11.5. The monoisotopic (exact) mass is 272 g/mol. The maximum absolute atomic E-state index is 6.06. The van der Waals surface area contributed by atoms with E-state index in [2.05, 4.69) is 12.6 Å². The molecule has 0 N–H and O–H groups in total. The van der Waals surface area contributed by atoms with E-state index in [-0.39, 0.29) is 0 Å². The Kier molecular flexibility index (Phi) is 6.33. The van der Waals surface area contributed by atoms with E-state index in [4.69, 9.17) is 9.47 Å². The van der Waals surface area contributed by atoms with Crippen molar-refractivity contribution in [2.75, 3.05) is 32.2 Å². The predicted octanol–water partition coefficient (Wildman–Crippen LogP) is 3.70. The molecule has 0 unspecified atom stereocenters. The Labute approximate surface area is 117 Å². The number of ether oxygens (including phenoxy) is 2. The van der Waals surface area contributed by atoms with E-state index in [1.165, 1.54) is 51.4 Å². The summed E-state index contributed by atoms with van der Waals surface area (Å²) in [5, 5.41) is 0. The Morgan fingerprint density at radius 3 is 2.33 bits per heavy atom. The molecule has 2 aliphatic rings. The van der Waals surface area contributed by atoms with Gasteiger partial charge in [-0.05, 0) is 37.4 Å². The molecule has 1 saturated carbocycles. The summed E-state index contributed by atoms with van der Waals surface area (Å²) in [6, 6.07) is 0. The molecule has 1 saturated heterocycles. The molecule has 3 heteroatoms. The van der Waals surface area contributed by atoms with Crippen LogP contribution in [0.5, 0.6) is 0 Å². The highest BCUT2D eigenvalue weighted by Gasteiger charge is 2.30. The molecule has 0 aromatic heterocycles. The average molecular weight is 272 g/mol. The second-order valence-corrected chi connectivity index (χ2v) is 6.46. The first-order valence-corrected chi connectivity index (χ1v) is 8.24. The molecule has 0 bridgehead atoms. The first-order chi connectivity index (χ1) is 8.85. The molecule has 2 nitrogen and oxygen atoms in total. The van der Waals surface area contributed by atoms with Crippen LogP contribution in [0.25, 0.3) is 0 Å². The van der Waals surface area contributed by atoms with E-state index in [0.29, 0.717) is 5.41 Å². The predicted molar refractivity (Wildman–Crippen MR) is 78.4 cm³/mol. The van der Waals surface area contributed by atoms with Crippen molar-refractivity contribution in [2.45, 2.75) is 51.4 Å². The fourth-order valence-electron chi connectivity index (χ4n) is 3.18. The van der Waals surface area contributed by atoms with Crippen molar-refractivity contribution >= 4 is 12.6 Å². The average Bonchev–Trinajstić information content (AvgIpc) is 2.66. The lowest BCUT2D eigenvalue weighted by Gasteiger charge is -2.32. The SMILES string of the molecule is SCC1(COCC2CCOCC2)CCCCCC1. The molecule has 0 spiro atoms. The Morgan fingerprint density at radius 1 is 1.06 bits per heavy atom. The summed E-state index contributed by atoms with van der Waals surface area (Å²) in [4.78, 5) is 0. The molecule has 1 aliphatic heterocycles. The fraction of sp³-hybridized carbons (Fsp3) is 1.00. The first-order valence-electron chi connectivity index (χ1n) is 7.61. The van der Waals surface area contributed by atoms with E-state index in [1.54, 1.807) is 0 Å². The maximum Gasteiger partial charge on any atom is 0.0530 e. The first kappa shape index (κ1) is 14.7. The van der Waals surface area contributed by atoms with E-state index in [1.807, 2.05) is 0 Å². The van der Waals surface area contributed by atoms with Crippen molar-refractivity contribution in [1.29, 1.82) is 0 Å². The van der Waals surface area contributed by atoms with Crippen LogP contribution >= 0.6 is 12.6 Å². The summed E-state index contributed by atoms with van der Waals surface area (Å²) >= 11 is 4.60. The van der Waals surface area contributed by atoms with Crippen LogP contribution in [0.3, 0.4) is 0 Å². The van der Waals surface area contributed by atoms with Gasteiger partial charge < -0.3 is 9.47 Å². The maximum atomic E-state index is 6.06. The molecule has 1 heterocycles. The summed E-state index contributed by atoms with van der Waals surface area (Å²) in [7, 11) is 0. The van der Waals surface area contributed by atoms with Crippen LogP contribution in [0.1, 0.15) is 51.4 Å². The van der Waals surface area contributed by atoms with Gasteiger partial charge in [0.15, 0.2) is 0 Å². The van der Waals surface area contributed by atoms with Gasteiger partial charge in [0.05, 0.1) is 6.61 Å². The zero-order chi connectivity index (χ0) is 12.7. The van der Waals surface area contributed by atoms with Crippen LogP contribution in [-0.2, 0) is 9.47 Å². The van der Waals surface area contributed by atoms with Gasteiger partial charge in [0.2, 0.25) is 0 Å². The number of hydrogen-bond acceptors (Lipinski definition) is 3. The molecule has 0 aromatic carbocycles. The molecule has 2 fully saturated rings. The van der Waals surface area contributed by atoms with Gasteiger partial charge in [-0.2, -0.15) is 12.6 Å². The van der Waals surface area contributed by atoms with Gasteiger partial charge >= 0.3 is 0 Å². The molecular formula is C15H28O2S. The largest absolute Gasteiger partial charge is 0.381 e. The van der Waals surface area contributed by atoms with E-state index in [9.17, 15) is 0 Å². The third-order valence-electron chi connectivity index (χ3n) is 4.60. The molecule has 18 heavy (non-hydrogen) atoms. The number of rotatable bonds is 5. The van der Waals surface area contributed by atoms with Gasteiger partial charge in [-0.3, -0.25) is 0 Å². The molecule has 1 aliphatic carbocycles. The third kappa shape index (κ3) is 4.43. The van der Waals surface area contributed by atoms with Crippen molar-refractivity contribution in [3.63, 3.8) is 0 Å². The molecule has 106 valence electrons. The second-order valence-electron chi connectivity index (χ2n) is 6.14. The van der Waals surface area contributed by atoms with Crippen LogP contribution < -0.4 is 0 Å². The van der Waals surface area contributed by atoms with Gasteiger partial charge in [-0.1, -0.05) is 25.7 Å². The summed E-state index contributed by atoms with van der Waals surface area (Å²) < 4.78 is 11.4. The Morgan fingerprint density at radius 2 is 1.72 bits per heavy atom. The zero-order valence-corrected chi connectivity index (χ0v) is 12.4. The van der Waals surface area contributed by atoms with E-state index in [0.717, 1.165) is 38.1 Å². The van der Waals surface area contributed by atoms with E-state index >= 15 is 0 Å². The van der Waals surface area contributed by atoms with Crippen LogP contribution in [0.4, 0.5) is 0 Å². The van der Waals surface area contributed by atoms with Crippen molar-refractivity contribution in [3.8, 4) is 0 Å². The lowest BCUT2D eigenvalue weighted by atomic mass is 9.83. The molecular weight excluding hydrogens is 244 g/mol. The second kappa shape index (κ2) is 7.76. The molecule has 2 rings (SSSR count). The minimum absolute atomic E-state index is 0.366. The van der Waals surface area contributed by atoms with Gasteiger partial charge in [0.1, 0.15) is 0 Å². The summed E-state index contributed by atoms with van der Waals surface area (Å²) in [5.74, 6) is 1.71. The van der Waals surface area contributed by atoms with E-state index < -0.39 is 0 Å². The lowest BCUT2D eigenvalue weighted by molar-refractivity contribution is -0.00775. The Balaban J connectivity index is 1.71. The molecule has 0 radical (unpaired) electrons. The molecule has 0 aromatic rings. The Bertz CT molecular complexity index is 219. The van der Waals surface area contributed by atoms with Gasteiger partial charge in [0, 0.05) is 25.2 Å². The van der Waals surface area contributed by atoms with Crippen molar-refractivity contribution in [2.24, 2.45) is 11.3 Å². The number of hydrogen-bond donors (Lipinski definition) is 1. The lowest BCUT2D eigenvalue weighted by Crippen LogP contribution is -2.30. The summed E-state index contributed by atoms with van der Waals surface area (Å²) in [5.41, 5.74) is 0.366. The van der Waals surface area contributed by atoms with Gasteiger partial charge in [0.25, 0.3) is 0 Å².